The van der Waals surface area contributed by atoms with Gasteiger partial charge in [0.15, 0.2) is 5.78 Å². The van der Waals surface area contributed by atoms with E-state index in [0.29, 0.717) is 43.4 Å². The quantitative estimate of drug-likeness (QED) is 0.0858. The first-order valence-electron chi connectivity index (χ1n) is 22.5. The third kappa shape index (κ3) is 7.79. The van der Waals surface area contributed by atoms with Gasteiger partial charge in [-0.2, -0.15) is 0 Å². The minimum atomic E-state index is -4.82. The molecule has 3 saturated carbocycles. The van der Waals surface area contributed by atoms with E-state index in [0.717, 1.165) is 41.5 Å². The lowest BCUT2D eigenvalue weighted by atomic mass is 9.32. The number of aliphatic hydroxyl groups is 3. The Morgan fingerprint density at radius 1 is 0.794 bits per heavy atom. The summed E-state index contributed by atoms with van der Waals surface area (Å²) in [5.74, 6) is -0.307. The zero-order valence-corrected chi connectivity index (χ0v) is 36.1. The van der Waals surface area contributed by atoms with Gasteiger partial charge in [-0.25, -0.2) is 0 Å². The Kier molecular flexibility index (Phi) is 11.4. The number of carbonyl (C=O) groups excluding carboxylic acids is 1. The first-order chi connectivity index (χ1) is 30.1. The molecule has 2 bridgehead atoms. The van der Waals surface area contributed by atoms with Crippen molar-refractivity contribution < 1.29 is 42.8 Å². The lowest BCUT2D eigenvalue weighted by Crippen LogP contribution is -2.67. The Morgan fingerprint density at radius 3 is 2.13 bits per heavy atom. The first-order valence-corrected chi connectivity index (χ1v) is 22.5. The summed E-state index contributed by atoms with van der Waals surface area (Å²) in [6, 6.07) is 33.4. The first kappa shape index (κ1) is 43.7. The number of benzene rings is 4. The Hall–Kier alpha value is -4.58. The third-order valence-corrected chi connectivity index (χ3v) is 16.1. The maximum Gasteiger partial charge on any atom is 0.573 e. The van der Waals surface area contributed by atoms with Gasteiger partial charge in [0.25, 0.3) is 0 Å². The maximum absolute atomic E-state index is 15.2. The molecule has 9 atom stereocenters. The highest BCUT2D eigenvalue weighted by Crippen LogP contribution is 2.78. The Bertz CT molecular complexity index is 2340. The number of hydrogen-bond acceptors (Lipinski definition) is 7. The van der Waals surface area contributed by atoms with E-state index in [1.54, 1.807) is 12.1 Å². The van der Waals surface area contributed by atoms with E-state index in [9.17, 15) is 28.5 Å². The fraction of sp³-hybridized carbons (Fsp3) is 0.453. The topological polar surface area (TPSA) is 99.5 Å². The van der Waals surface area contributed by atoms with Gasteiger partial charge in [-0.1, -0.05) is 129 Å². The summed E-state index contributed by atoms with van der Waals surface area (Å²) in [5.41, 5.74) is 1.96. The second-order valence-electron chi connectivity index (χ2n) is 19.6. The summed E-state index contributed by atoms with van der Waals surface area (Å²) < 4.78 is 49.1. The highest BCUT2D eigenvalue weighted by Gasteiger charge is 2.74. The summed E-state index contributed by atoms with van der Waals surface area (Å²) >= 11 is 0. The molecule has 10 rings (SSSR count). The van der Waals surface area contributed by atoms with Gasteiger partial charge >= 0.3 is 6.36 Å². The minimum absolute atomic E-state index is 0.0108. The predicted molar refractivity (Wildman–Crippen MR) is 235 cm³/mol. The number of halogens is 3. The van der Waals surface area contributed by atoms with Gasteiger partial charge in [0, 0.05) is 47.0 Å². The van der Waals surface area contributed by atoms with Crippen LogP contribution >= 0.6 is 0 Å². The van der Waals surface area contributed by atoms with Gasteiger partial charge in [0.2, 0.25) is 0 Å². The Balaban J connectivity index is 1.03. The molecule has 0 heterocycles. The number of carbonyl (C=O) groups is 1. The number of Topliss-reactive ketones (excluding diaryl/α,β-unsaturated/α-hetero) is 1. The molecule has 4 aromatic carbocycles. The summed E-state index contributed by atoms with van der Waals surface area (Å²) in [7, 11) is 0. The highest BCUT2D eigenvalue weighted by molar-refractivity contribution is 6.10. The molecule has 6 aliphatic rings. The zero-order chi connectivity index (χ0) is 44.3. The average molecular weight is 862 g/mol. The smallest absolute Gasteiger partial charge is 0.406 e. The molecular weight excluding hydrogens is 804 g/mol. The van der Waals surface area contributed by atoms with Gasteiger partial charge < -0.3 is 24.8 Å². The molecule has 7 nitrogen and oxygen atoms in total. The van der Waals surface area contributed by atoms with Crippen LogP contribution in [-0.4, -0.2) is 69.9 Å². The van der Waals surface area contributed by atoms with Crippen LogP contribution in [0.2, 0.25) is 0 Å². The van der Waals surface area contributed by atoms with Crippen LogP contribution in [0.15, 0.2) is 133 Å². The Labute approximate surface area is 368 Å². The molecule has 332 valence electrons. The predicted octanol–water partition coefficient (Wildman–Crippen LogP) is 10.1. The van der Waals surface area contributed by atoms with Crippen LogP contribution in [0.4, 0.5) is 13.2 Å². The SMILES string of the molecule is C[C@]12CC[C@H]3[C@]4(C=C[C@@]5(C=C4C(=O)c4ccc(-c6ccccc6)cc4)CC(O)CC[C@]35C)[C@@H]1CC[C@@]2(O)CN(Cc1ccc(OC(F)(F)F)cc1)C[C@@H](O)COCc1ccccc1. The molecule has 1 unspecified atom stereocenters. The van der Waals surface area contributed by atoms with E-state index in [1.807, 2.05) is 77.7 Å². The molecule has 0 saturated heterocycles. The molecule has 3 N–H and O–H groups in total. The van der Waals surface area contributed by atoms with Gasteiger partial charge in [-0.15, -0.1) is 13.2 Å². The standard InChI is InChI=1S/C53H58F3NO6/c1-48-24-21-41(58)29-50(48)27-28-52(44(30-50)47(60)40-17-15-39(16-18-40)38-11-7-4-8-12-38)45(48)22-25-49(2)46(52)23-26-51(49,61)35-57(31-36-13-19-43(20-14-36)63-53(54,55)56)32-42(59)34-62-33-37-9-5-3-6-10-37/h3-20,27-28,30,41-42,45-46,58-59,61H,21-26,29,31-35H2,1-2H3/t41?,42-,45-,46-,48-,49+,50+,51-,52-/m1/s1. The lowest BCUT2D eigenvalue weighted by molar-refractivity contribution is -0.274. The van der Waals surface area contributed by atoms with Crippen molar-refractivity contribution in [3.8, 4) is 16.9 Å². The van der Waals surface area contributed by atoms with Crippen LogP contribution < -0.4 is 4.74 Å². The average Bonchev–Trinajstić information content (AvgIpc) is 3.53. The molecule has 0 aliphatic heterocycles. The molecule has 10 heteroatoms. The van der Waals surface area contributed by atoms with Crippen LogP contribution in [0.3, 0.4) is 0 Å². The molecule has 0 aromatic heterocycles. The van der Waals surface area contributed by atoms with Crippen LogP contribution in [0.5, 0.6) is 5.75 Å². The van der Waals surface area contributed by atoms with Crippen molar-refractivity contribution in [3.63, 3.8) is 0 Å². The van der Waals surface area contributed by atoms with E-state index in [1.165, 1.54) is 12.1 Å². The largest absolute Gasteiger partial charge is 0.573 e. The van der Waals surface area contributed by atoms with Crippen molar-refractivity contribution in [3.05, 3.63) is 150 Å². The summed E-state index contributed by atoms with van der Waals surface area (Å²) in [5, 5.41) is 35.8. The number of allylic oxidation sites excluding steroid dienone is 4. The van der Waals surface area contributed by atoms with Crippen LogP contribution in [-0.2, 0) is 17.9 Å². The number of rotatable bonds is 14. The second kappa shape index (κ2) is 16.4. The fourth-order valence-corrected chi connectivity index (χ4v) is 13.0. The summed E-state index contributed by atoms with van der Waals surface area (Å²) in [4.78, 5) is 17.2. The van der Waals surface area contributed by atoms with Gasteiger partial charge in [0.05, 0.1) is 31.0 Å². The number of ether oxygens (including phenoxy) is 2. The maximum atomic E-state index is 15.2. The number of fused-ring (bicyclic) bond motifs is 1. The zero-order valence-electron chi connectivity index (χ0n) is 36.1. The Morgan fingerprint density at radius 2 is 1.43 bits per heavy atom. The molecular formula is C53H58F3NO6. The van der Waals surface area contributed by atoms with Crippen molar-refractivity contribution in [2.45, 2.75) is 96.1 Å². The van der Waals surface area contributed by atoms with Gasteiger partial charge in [-0.3, -0.25) is 9.69 Å². The van der Waals surface area contributed by atoms with Crippen molar-refractivity contribution in [2.24, 2.45) is 33.5 Å². The van der Waals surface area contributed by atoms with Crippen molar-refractivity contribution in [1.82, 2.24) is 4.90 Å². The number of aliphatic hydroxyl groups excluding tert-OH is 2. The van der Waals surface area contributed by atoms with E-state index in [-0.39, 0.29) is 55.0 Å². The van der Waals surface area contributed by atoms with Crippen molar-refractivity contribution in [2.75, 3.05) is 19.7 Å². The van der Waals surface area contributed by atoms with E-state index >= 15 is 4.79 Å². The van der Waals surface area contributed by atoms with Crippen molar-refractivity contribution in [1.29, 1.82) is 0 Å². The minimum Gasteiger partial charge on any atom is -0.406 e. The molecule has 6 aliphatic carbocycles. The molecule has 3 fully saturated rings. The fourth-order valence-electron chi connectivity index (χ4n) is 13.0. The van der Waals surface area contributed by atoms with Crippen LogP contribution in [0, 0.1) is 33.5 Å². The summed E-state index contributed by atoms with van der Waals surface area (Å²) in [6.45, 7) is 5.53. The van der Waals surface area contributed by atoms with Gasteiger partial charge in [0.1, 0.15) is 5.75 Å². The summed E-state index contributed by atoms with van der Waals surface area (Å²) in [6.07, 6.45) is 5.44. The third-order valence-electron chi connectivity index (χ3n) is 16.1. The van der Waals surface area contributed by atoms with E-state index < -0.39 is 40.4 Å². The van der Waals surface area contributed by atoms with Crippen LogP contribution in [0.1, 0.15) is 80.3 Å². The van der Waals surface area contributed by atoms with E-state index in [4.69, 9.17) is 4.74 Å². The molecule has 2 spiro atoms. The lowest BCUT2D eigenvalue weighted by Gasteiger charge is -2.71. The number of ketones is 1. The van der Waals surface area contributed by atoms with E-state index in [2.05, 4.69) is 48.9 Å². The molecule has 63 heavy (non-hydrogen) atoms. The number of hydrogen-bond donors (Lipinski definition) is 3. The van der Waals surface area contributed by atoms with Crippen LogP contribution in [0.25, 0.3) is 11.1 Å². The monoisotopic (exact) mass is 861 g/mol. The van der Waals surface area contributed by atoms with Crippen molar-refractivity contribution >= 4 is 5.78 Å². The van der Waals surface area contributed by atoms with Gasteiger partial charge in [-0.05, 0) is 96.6 Å². The second-order valence-corrected chi connectivity index (χ2v) is 19.6. The molecule has 4 aromatic rings. The number of alkyl halides is 3. The normalized spacial score (nSPS) is 32.4. The number of nitrogens with zero attached hydrogens (tertiary/aromatic N) is 1. The molecule has 0 amide bonds. The molecule has 0 radical (unpaired) electrons. The highest BCUT2D eigenvalue weighted by atomic mass is 19.4.